The lowest BCUT2D eigenvalue weighted by Gasteiger charge is -2.30. The highest BCUT2D eigenvalue weighted by molar-refractivity contribution is 7.94. The monoisotopic (exact) mass is 446 g/mol. The molecule has 0 unspecified atom stereocenters. The van der Waals surface area contributed by atoms with Crippen LogP contribution in [0, 0.1) is 0 Å². The molecule has 2 aromatic carbocycles. The predicted octanol–water partition coefficient (Wildman–Crippen LogP) is 4.72. The number of sulfonamides is 1. The fourth-order valence-electron chi connectivity index (χ4n) is 3.40. The number of carbonyl (C=O) groups excluding carboxylic acids is 1. The molecule has 0 bridgehead atoms. The second-order valence-corrected chi connectivity index (χ2v) is 10.3. The van der Waals surface area contributed by atoms with Gasteiger partial charge in [0.1, 0.15) is 4.21 Å². The van der Waals surface area contributed by atoms with Crippen LogP contribution in [-0.2, 0) is 27.7 Å². The highest BCUT2D eigenvalue weighted by Crippen LogP contribution is 2.34. The van der Waals surface area contributed by atoms with Gasteiger partial charge in [-0.1, -0.05) is 29.8 Å². The number of benzene rings is 2. The van der Waals surface area contributed by atoms with Crippen LogP contribution in [0.5, 0.6) is 0 Å². The molecule has 1 aliphatic heterocycles. The van der Waals surface area contributed by atoms with Crippen molar-refractivity contribution >= 4 is 50.2 Å². The summed E-state index contributed by atoms with van der Waals surface area (Å²) in [5.74, 6) is -0.133. The number of rotatable bonds is 5. The molecule has 29 heavy (non-hydrogen) atoms. The van der Waals surface area contributed by atoms with E-state index in [0.717, 1.165) is 24.0 Å². The largest absolute Gasteiger partial charge is 0.326 e. The van der Waals surface area contributed by atoms with Gasteiger partial charge in [0.25, 0.3) is 10.0 Å². The van der Waals surface area contributed by atoms with Crippen molar-refractivity contribution in [2.75, 3.05) is 16.2 Å². The molecule has 150 valence electrons. The topological polar surface area (TPSA) is 66.5 Å². The molecule has 0 spiro atoms. The Morgan fingerprint density at radius 1 is 1.14 bits per heavy atom. The number of thiophene rings is 1. The summed E-state index contributed by atoms with van der Waals surface area (Å²) in [7, 11) is -3.56. The molecule has 5 nitrogen and oxygen atoms in total. The number of hydrogen-bond acceptors (Lipinski definition) is 4. The Morgan fingerprint density at radius 2 is 1.93 bits per heavy atom. The fraction of sp³-hybridized carbons (Fsp3) is 0.190. The molecule has 3 aromatic rings. The van der Waals surface area contributed by atoms with Gasteiger partial charge in [0.05, 0.1) is 12.1 Å². The molecule has 0 atom stereocenters. The van der Waals surface area contributed by atoms with Gasteiger partial charge < -0.3 is 5.32 Å². The molecule has 1 N–H and O–H groups in total. The van der Waals surface area contributed by atoms with Crippen LogP contribution in [0.15, 0.2) is 64.2 Å². The van der Waals surface area contributed by atoms with Gasteiger partial charge in [-0.3, -0.25) is 9.10 Å². The number of nitrogens with one attached hydrogen (secondary N) is 1. The molecular formula is C21H19ClN2O3S2. The summed E-state index contributed by atoms with van der Waals surface area (Å²) < 4.78 is 27.7. The van der Waals surface area contributed by atoms with E-state index in [2.05, 4.69) is 5.32 Å². The minimum absolute atomic E-state index is 0.133. The van der Waals surface area contributed by atoms with Crippen molar-refractivity contribution in [3.05, 3.63) is 76.1 Å². The maximum Gasteiger partial charge on any atom is 0.273 e. The quantitative estimate of drug-likeness (QED) is 0.616. The Morgan fingerprint density at radius 3 is 2.66 bits per heavy atom. The normalized spacial score (nSPS) is 13.8. The van der Waals surface area contributed by atoms with Crippen LogP contribution in [0.25, 0.3) is 0 Å². The summed E-state index contributed by atoms with van der Waals surface area (Å²) in [4.78, 5) is 12.4. The SMILES string of the molecule is O=C(Cc1ccc(Cl)cc1)Nc1ccc2c(c1)CCCN2S(=O)(=O)c1cccs1. The van der Waals surface area contributed by atoms with Crippen LogP contribution in [-0.4, -0.2) is 20.9 Å². The highest BCUT2D eigenvalue weighted by atomic mass is 35.5. The standard InChI is InChI=1S/C21H19ClN2O3S2/c22-17-7-5-15(6-8-17)13-20(25)23-18-9-10-19-16(14-18)3-1-11-24(19)29(26,27)21-4-2-12-28-21/h2,4-10,12,14H,1,3,11,13H2,(H,23,25). The second-order valence-electron chi connectivity index (χ2n) is 6.81. The number of nitrogens with zero attached hydrogens (tertiary/aromatic N) is 1. The van der Waals surface area contributed by atoms with Gasteiger partial charge in [0.15, 0.2) is 0 Å². The van der Waals surface area contributed by atoms with E-state index in [1.165, 1.54) is 15.6 Å². The van der Waals surface area contributed by atoms with Crippen LogP contribution < -0.4 is 9.62 Å². The summed E-state index contributed by atoms with van der Waals surface area (Å²) in [6.07, 6.45) is 1.75. The van der Waals surface area contributed by atoms with Crippen molar-refractivity contribution in [1.29, 1.82) is 0 Å². The minimum Gasteiger partial charge on any atom is -0.326 e. The fourth-order valence-corrected chi connectivity index (χ4v) is 6.17. The maximum atomic E-state index is 13.0. The Bertz CT molecular complexity index is 1130. The summed E-state index contributed by atoms with van der Waals surface area (Å²) >= 11 is 7.09. The number of aryl methyl sites for hydroxylation is 1. The number of fused-ring (bicyclic) bond motifs is 1. The van der Waals surface area contributed by atoms with Gasteiger partial charge in [-0.25, -0.2) is 8.42 Å². The summed E-state index contributed by atoms with van der Waals surface area (Å²) in [6.45, 7) is 0.454. The van der Waals surface area contributed by atoms with Crippen molar-refractivity contribution in [1.82, 2.24) is 0 Å². The van der Waals surface area contributed by atoms with Crippen molar-refractivity contribution < 1.29 is 13.2 Å². The van der Waals surface area contributed by atoms with Crippen LogP contribution >= 0.6 is 22.9 Å². The number of hydrogen-bond donors (Lipinski definition) is 1. The zero-order valence-electron chi connectivity index (χ0n) is 15.5. The Kier molecular flexibility index (Phi) is 5.63. The van der Waals surface area contributed by atoms with Gasteiger partial charge >= 0.3 is 0 Å². The highest BCUT2D eigenvalue weighted by Gasteiger charge is 2.29. The van der Waals surface area contributed by atoms with Gasteiger partial charge in [0.2, 0.25) is 5.91 Å². The first-order valence-electron chi connectivity index (χ1n) is 9.17. The summed E-state index contributed by atoms with van der Waals surface area (Å²) in [6, 6.07) is 15.9. The third-order valence-electron chi connectivity index (χ3n) is 4.76. The van der Waals surface area contributed by atoms with E-state index in [0.29, 0.717) is 27.2 Å². The third-order valence-corrected chi connectivity index (χ3v) is 8.19. The molecular weight excluding hydrogens is 428 g/mol. The smallest absolute Gasteiger partial charge is 0.273 e. The van der Waals surface area contributed by atoms with Crippen molar-refractivity contribution in [2.24, 2.45) is 0 Å². The van der Waals surface area contributed by atoms with Crippen molar-refractivity contribution in [3.8, 4) is 0 Å². The number of amides is 1. The summed E-state index contributed by atoms with van der Waals surface area (Å²) in [5.41, 5.74) is 3.14. The van der Waals surface area contributed by atoms with Gasteiger partial charge in [-0.15, -0.1) is 11.3 Å². The first-order valence-corrected chi connectivity index (χ1v) is 11.9. The van der Waals surface area contributed by atoms with Crippen LogP contribution in [0.1, 0.15) is 17.5 Å². The zero-order chi connectivity index (χ0) is 20.4. The molecule has 0 fully saturated rings. The average molecular weight is 447 g/mol. The van der Waals surface area contributed by atoms with Crippen molar-refractivity contribution in [3.63, 3.8) is 0 Å². The number of anilines is 2. The van der Waals surface area contributed by atoms with E-state index in [4.69, 9.17) is 11.6 Å². The molecule has 4 rings (SSSR count). The molecule has 8 heteroatoms. The molecule has 1 aromatic heterocycles. The molecule has 2 heterocycles. The van der Waals surface area contributed by atoms with Gasteiger partial charge in [0, 0.05) is 17.3 Å². The van der Waals surface area contributed by atoms with Crippen molar-refractivity contribution in [2.45, 2.75) is 23.5 Å². The van der Waals surface area contributed by atoms with Crippen LogP contribution in [0.3, 0.4) is 0 Å². The lowest BCUT2D eigenvalue weighted by atomic mass is 10.0. The number of halogens is 1. The minimum atomic E-state index is -3.56. The van der Waals surface area contributed by atoms with E-state index in [1.807, 2.05) is 18.2 Å². The maximum absolute atomic E-state index is 13.0. The lowest BCUT2D eigenvalue weighted by molar-refractivity contribution is -0.115. The Balaban J connectivity index is 1.52. The van der Waals surface area contributed by atoms with E-state index in [-0.39, 0.29) is 12.3 Å². The zero-order valence-corrected chi connectivity index (χ0v) is 17.9. The van der Waals surface area contributed by atoms with E-state index in [1.54, 1.807) is 41.8 Å². The van der Waals surface area contributed by atoms with E-state index in [9.17, 15) is 13.2 Å². The molecule has 0 saturated carbocycles. The molecule has 0 radical (unpaired) electrons. The Labute approximate surface area is 179 Å². The van der Waals surface area contributed by atoms with Crippen LogP contribution in [0.4, 0.5) is 11.4 Å². The third kappa shape index (κ3) is 4.32. The number of carbonyl (C=O) groups is 1. The molecule has 0 saturated heterocycles. The second kappa shape index (κ2) is 8.18. The molecule has 1 amide bonds. The predicted molar refractivity (Wildman–Crippen MR) is 117 cm³/mol. The lowest BCUT2D eigenvalue weighted by Crippen LogP contribution is -2.35. The van der Waals surface area contributed by atoms with Crippen LogP contribution in [0.2, 0.25) is 5.02 Å². The summed E-state index contributed by atoms with van der Waals surface area (Å²) in [5, 5.41) is 5.29. The van der Waals surface area contributed by atoms with Gasteiger partial charge in [-0.05, 0) is 65.7 Å². The first-order chi connectivity index (χ1) is 13.9. The van der Waals surface area contributed by atoms with E-state index >= 15 is 0 Å². The average Bonchev–Trinajstić information content (AvgIpc) is 3.25. The van der Waals surface area contributed by atoms with E-state index < -0.39 is 10.0 Å². The molecule has 0 aliphatic carbocycles. The van der Waals surface area contributed by atoms with Gasteiger partial charge in [-0.2, -0.15) is 0 Å². The first kappa shape index (κ1) is 19.9. The molecule has 1 aliphatic rings. The Hall–Kier alpha value is -2.35.